The molecule has 0 aliphatic rings. The Balaban J connectivity index is 1.06. The second kappa shape index (κ2) is 11.9. The quantitative estimate of drug-likeness (QED) is 0.176. The third kappa shape index (κ3) is 5.65. The van der Waals surface area contributed by atoms with Gasteiger partial charge in [-0.25, -0.2) is 0 Å². The summed E-state index contributed by atoms with van der Waals surface area (Å²) in [5, 5.41) is 0. The van der Waals surface area contributed by atoms with Crippen LogP contribution in [0.4, 0.5) is 34.5 Å². The van der Waals surface area contributed by atoms with Crippen molar-refractivity contribution < 1.29 is 13.6 Å². The zero-order valence-electron chi connectivity index (χ0n) is 23.3. The summed E-state index contributed by atoms with van der Waals surface area (Å²) in [6, 6.07) is 52.7. The van der Waals surface area contributed by atoms with Gasteiger partial charge in [0.1, 0.15) is 11.5 Å². The first kappa shape index (κ1) is 26.0. The van der Waals surface area contributed by atoms with Gasteiger partial charge in [0.25, 0.3) is 0 Å². The van der Waals surface area contributed by atoms with Crippen molar-refractivity contribution in [3.05, 3.63) is 170 Å². The lowest BCUT2D eigenvalue weighted by Crippen LogP contribution is -2.08. The molecule has 2 aromatic heterocycles. The van der Waals surface area contributed by atoms with Crippen LogP contribution in [0.1, 0.15) is 0 Å². The average molecular weight is 561 g/mol. The minimum atomic E-state index is 0.747. The van der Waals surface area contributed by atoms with E-state index in [0.29, 0.717) is 0 Å². The molecule has 7 aromatic rings. The first-order valence-electron chi connectivity index (χ1n) is 14.1. The molecule has 0 N–H and O–H groups in total. The lowest BCUT2D eigenvalue weighted by Gasteiger charge is -2.22. The van der Waals surface area contributed by atoms with Crippen molar-refractivity contribution in [2.75, 3.05) is 9.80 Å². The number of benzene rings is 5. The molecule has 0 atom stereocenters. The molecule has 0 fully saturated rings. The minimum Gasteiger partial charge on any atom is -0.457 e. The number of nitrogens with zero attached hydrogens (tertiary/aromatic N) is 2. The Kier molecular flexibility index (Phi) is 7.19. The number of ether oxygens (including phenoxy) is 1. The number of hydrogen-bond acceptors (Lipinski definition) is 5. The zero-order chi connectivity index (χ0) is 28.8. The van der Waals surface area contributed by atoms with Gasteiger partial charge in [0.15, 0.2) is 0 Å². The summed E-state index contributed by atoms with van der Waals surface area (Å²) in [6.07, 6.45) is 3.37. The van der Waals surface area contributed by atoms with Crippen LogP contribution in [-0.4, -0.2) is 0 Å². The Morgan fingerprint density at radius 2 is 0.721 bits per heavy atom. The summed E-state index contributed by atoms with van der Waals surface area (Å²) in [5.41, 5.74) is 6.27. The standard InChI is InChI=1S/C38H28N2O3/c1-3-9-31(10-4-1)39(37-13-7-27-41-37)33-19-15-29(16-20-33)30-17-23-35(24-18-30)43-36-25-21-34(22-26-36)40(38-14-8-28-42-38)32-11-5-2-6-12-32/h1-28H. The molecule has 0 spiro atoms. The van der Waals surface area contributed by atoms with Gasteiger partial charge in [-0.05, 0) is 96.1 Å². The van der Waals surface area contributed by atoms with E-state index in [1.165, 1.54) is 0 Å². The van der Waals surface area contributed by atoms with Gasteiger partial charge in [0, 0.05) is 34.9 Å². The first-order chi connectivity index (χ1) is 21.3. The fourth-order valence-corrected chi connectivity index (χ4v) is 5.07. The van der Waals surface area contributed by atoms with Crippen LogP contribution in [0.2, 0.25) is 0 Å². The Morgan fingerprint density at radius 1 is 0.349 bits per heavy atom. The van der Waals surface area contributed by atoms with Gasteiger partial charge in [-0.15, -0.1) is 0 Å². The van der Waals surface area contributed by atoms with Crippen molar-refractivity contribution in [2.24, 2.45) is 0 Å². The highest BCUT2D eigenvalue weighted by atomic mass is 16.5. The van der Waals surface area contributed by atoms with Gasteiger partial charge in [0.2, 0.25) is 11.8 Å². The Morgan fingerprint density at radius 3 is 1.14 bits per heavy atom. The van der Waals surface area contributed by atoms with Crippen LogP contribution in [0, 0.1) is 0 Å². The summed E-state index contributed by atoms with van der Waals surface area (Å²) >= 11 is 0. The molecular formula is C38H28N2O3. The van der Waals surface area contributed by atoms with E-state index in [9.17, 15) is 0 Å². The first-order valence-corrected chi connectivity index (χ1v) is 14.1. The zero-order valence-corrected chi connectivity index (χ0v) is 23.3. The molecule has 7 rings (SSSR count). The molecule has 5 aromatic carbocycles. The molecule has 0 aliphatic heterocycles. The molecule has 208 valence electrons. The average Bonchev–Trinajstić information content (AvgIpc) is 3.80. The van der Waals surface area contributed by atoms with Crippen molar-refractivity contribution in [1.29, 1.82) is 0 Å². The van der Waals surface area contributed by atoms with Gasteiger partial charge >= 0.3 is 0 Å². The van der Waals surface area contributed by atoms with Crippen LogP contribution in [0.3, 0.4) is 0 Å². The normalized spacial score (nSPS) is 10.8. The van der Waals surface area contributed by atoms with Crippen LogP contribution in [0.15, 0.2) is 179 Å². The second-order valence-corrected chi connectivity index (χ2v) is 9.91. The van der Waals surface area contributed by atoms with E-state index in [-0.39, 0.29) is 0 Å². The molecule has 0 saturated heterocycles. The molecule has 2 heterocycles. The summed E-state index contributed by atoms with van der Waals surface area (Å²) in [4.78, 5) is 4.16. The van der Waals surface area contributed by atoms with Gasteiger partial charge in [0.05, 0.1) is 12.5 Å². The summed E-state index contributed by atoms with van der Waals surface area (Å²) in [6.45, 7) is 0. The molecule has 43 heavy (non-hydrogen) atoms. The van der Waals surface area contributed by atoms with Crippen molar-refractivity contribution >= 4 is 34.5 Å². The number of anilines is 6. The van der Waals surface area contributed by atoms with Crippen LogP contribution >= 0.6 is 0 Å². The van der Waals surface area contributed by atoms with Gasteiger partial charge in [-0.3, -0.25) is 9.80 Å². The summed E-state index contributed by atoms with van der Waals surface area (Å²) < 4.78 is 17.6. The maximum atomic E-state index is 6.18. The predicted octanol–water partition coefficient (Wildman–Crippen LogP) is 11.3. The minimum absolute atomic E-state index is 0.747. The van der Waals surface area contributed by atoms with Gasteiger partial charge in [-0.1, -0.05) is 60.7 Å². The van der Waals surface area contributed by atoms with E-state index in [2.05, 4.69) is 70.5 Å². The highest BCUT2D eigenvalue weighted by molar-refractivity contribution is 5.76. The fourth-order valence-electron chi connectivity index (χ4n) is 5.07. The van der Waals surface area contributed by atoms with Crippen LogP contribution in [0.5, 0.6) is 11.5 Å². The molecule has 0 aliphatic carbocycles. The molecule has 0 saturated carbocycles. The number of hydrogen-bond donors (Lipinski definition) is 0. The van der Waals surface area contributed by atoms with Crippen molar-refractivity contribution in [3.63, 3.8) is 0 Å². The van der Waals surface area contributed by atoms with E-state index in [1.54, 1.807) is 12.5 Å². The SMILES string of the molecule is c1ccc(N(c2ccc(Oc3ccc(-c4ccc(N(c5ccccc5)c5ccco5)cc4)cc3)cc2)c2ccco2)cc1. The molecule has 0 unspecified atom stereocenters. The van der Waals surface area contributed by atoms with E-state index in [0.717, 1.165) is 57.1 Å². The molecule has 0 radical (unpaired) electrons. The van der Waals surface area contributed by atoms with E-state index >= 15 is 0 Å². The maximum absolute atomic E-state index is 6.18. The van der Waals surface area contributed by atoms with Gasteiger partial charge < -0.3 is 13.6 Å². The summed E-state index contributed by atoms with van der Waals surface area (Å²) in [7, 11) is 0. The Bertz CT molecular complexity index is 1850. The summed E-state index contributed by atoms with van der Waals surface area (Å²) in [5.74, 6) is 3.04. The maximum Gasteiger partial charge on any atom is 0.204 e. The largest absolute Gasteiger partial charge is 0.457 e. The van der Waals surface area contributed by atoms with Crippen LogP contribution < -0.4 is 14.5 Å². The molecule has 0 bridgehead atoms. The van der Waals surface area contributed by atoms with E-state index in [4.69, 9.17) is 13.6 Å². The molecule has 0 amide bonds. The number of rotatable bonds is 9. The van der Waals surface area contributed by atoms with Crippen molar-refractivity contribution in [3.8, 4) is 22.6 Å². The molecular weight excluding hydrogens is 532 g/mol. The van der Waals surface area contributed by atoms with Crippen LogP contribution in [0.25, 0.3) is 11.1 Å². The van der Waals surface area contributed by atoms with E-state index < -0.39 is 0 Å². The number of furan rings is 2. The fraction of sp³-hybridized carbons (Fsp3) is 0. The Hall–Kier alpha value is -5.94. The topological polar surface area (TPSA) is 42.0 Å². The Labute approximate surface area is 250 Å². The lowest BCUT2D eigenvalue weighted by molar-refractivity contribution is 0.483. The lowest BCUT2D eigenvalue weighted by atomic mass is 10.0. The molecule has 5 nitrogen and oxygen atoms in total. The predicted molar refractivity (Wildman–Crippen MR) is 172 cm³/mol. The second-order valence-electron chi connectivity index (χ2n) is 9.91. The van der Waals surface area contributed by atoms with Gasteiger partial charge in [-0.2, -0.15) is 0 Å². The third-order valence-corrected chi connectivity index (χ3v) is 7.13. The van der Waals surface area contributed by atoms with Crippen molar-refractivity contribution in [1.82, 2.24) is 0 Å². The smallest absolute Gasteiger partial charge is 0.204 e. The van der Waals surface area contributed by atoms with E-state index in [1.807, 2.05) is 97.1 Å². The van der Waals surface area contributed by atoms with Crippen LogP contribution in [-0.2, 0) is 0 Å². The van der Waals surface area contributed by atoms with Crippen molar-refractivity contribution in [2.45, 2.75) is 0 Å². The number of para-hydroxylation sites is 2. The molecule has 5 heteroatoms. The highest BCUT2D eigenvalue weighted by Crippen LogP contribution is 2.37. The third-order valence-electron chi connectivity index (χ3n) is 7.13. The monoisotopic (exact) mass is 560 g/mol. The highest BCUT2D eigenvalue weighted by Gasteiger charge is 2.16.